The van der Waals surface area contributed by atoms with Gasteiger partial charge in [0.15, 0.2) is 0 Å². The fourth-order valence-electron chi connectivity index (χ4n) is 1.96. The van der Waals surface area contributed by atoms with Gasteiger partial charge in [0.25, 0.3) is 0 Å². The zero-order chi connectivity index (χ0) is 13.8. The zero-order valence-electron chi connectivity index (χ0n) is 11.0. The number of hydrogen-bond acceptors (Lipinski definition) is 4. The highest BCUT2D eigenvalue weighted by Gasteiger charge is 2.28. The molecule has 0 radical (unpaired) electrons. The lowest BCUT2D eigenvalue weighted by Crippen LogP contribution is -2.51. The predicted octanol–water partition coefficient (Wildman–Crippen LogP) is 0.534. The maximum absolute atomic E-state index is 11.5. The van der Waals surface area contributed by atoms with Gasteiger partial charge in [-0.3, -0.25) is 5.41 Å². The van der Waals surface area contributed by atoms with E-state index in [-0.39, 0.29) is 6.04 Å². The number of sulfonamides is 1. The van der Waals surface area contributed by atoms with E-state index in [9.17, 15) is 8.42 Å². The Morgan fingerprint density at radius 3 is 2.61 bits per heavy atom. The SMILES string of the molecule is CC(/C=C/N1CCN(S(C)(=O)=O)[C@H](C)C1)=N/C=N. The number of rotatable bonds is 4. The van der Waals surface area contributed by atoms with Crippen LogP contribution in [0.15, 0.2) is 17.3 Å². The Morgan fingerprint density at radius 2 is 2.11 bits per heavy atom. The molecule has 0 bridgehead atoms. The molecular weight excluding hydrogens is 252 g/mol. The Kier molecular flexibility index (Phi) is 5.03. The summed E-state index contributed by atoms with van der Waals surface area (Å²) in [6, 6.07) is -0.0293. The van der Waals surface area contributed by atoms with Gasteiger partial charge < -0.3 is 4.90 Å². The fourth-order valence-corrected chi connectivity index (χ4v) is 3.09. The second kappa shape index (κ2) is 6.10. The highest BCUT2D eigenvalue weighted by molar-refractivity contribution is 7.88. The molecule has 6 nitrogen and oxygen atoms in total. The average molecular weight is 272 g/mol. The molecule has 0 aromatic heterocycles. The van der Waals surface area contributed by atoms with Crippen LogP contribution >= 0.6 is 0 Å². The molecule has 1 saturated heterocycles. The Hall–Kier alpha value is -1.21. The van der Waals surface area contributed by atoms with Crippen molar-refractivity contribution in [3.63, 3.8) is 0 Å². The molecule has 0 unspecified atom stereocenters. The molecule has 7 heteroatoms. The third kappa shape index (κ3) is 4.23. The van der Waals surface area contributed by atoms with Crippen LogP contribution in [-0.4, -0.2) is 61.6 Å². The first kappa shape index (κ1) is 14.8. The number of nitrogens with one attached hydrogen (secondary N) is 1. The summed E-state index contributed by atoms with van der Waals surface area (Å²) in [5, 5.41) is 6.85. The van der Waals surface area contributed by atoms with Gasteiger partial charge >= 0.3 is 0 Å². The first-order valence-electron chi connectivity index (χ1n) is 5.77. The molecule has 1 aliphatic heterocycles. The molecule has 0 aromatic rings. The monoisotopic (exact) mass is 272 g/mol. The van der Waals surface area contributed by atoms with Gasteiger partial charge in [-0.25, -0.2) is 13.4 Å². The van der Waals surface area contributed by atoms with Crippen molar-refractivity contribution < 1.29 is 8.42 Å². The van der Waals surface area contributed by atoms with Crippen molar-refractivity contribution in [3.8, 4) is 0 Å². The predicted molar refractivity (Wildman–Crippen MR) is 73.6 cm³/mol. The third-order valence-corrected chi connectivity index (χ3v) is 4.21. The number of hydrogen-bond donors (Lipinski definition) is 1. The molecule has 0 amide bonds. The summed E-state index contributed by atoms with van der Waals surface area (Å²) in [4.78, 5) is 5.89. The molecule has 1 heterocycles. The standard InChI is InChI=1S/C11H20N4O2S/c1-10(13-9-12)4-5-14-6-7-15(11(2)8-14)18(3,16)17/h4-5,9,11-12H,6-8H2,1-3H3/b5-4+,12-9?,13-10-/t11-/m1/s1. The van der Waals surface area contributed by atoms with Gasteiger partial charge in [0.1, 0.15) is 6.34 Å². The van der Waals surface area contributed by atoms with Gasteiger partial charge in [0.05, 0.1) is 6.26 Å². The topological polar surface area (TPSA) is 76.8 Å². The van der Waals surface area contributed by atoms with Crippen molar-refractivity contribution in [1.29, 1.82) is 5.41 Å². The van der Waals surface area contributed by atoms with Crippen LogP contribution in [0.2, 0.25) is 0 Å². The number of aliphatic imine (C=N–C) groups is 1. The molecule has 18 heavy (non-hydrogen) atoms. The van der Waals surface area contributed by atoms with Crippen LogP contribution < -0.4 is 0 Å². The van der Waals surface area contributed by atoms with E-state index in [1.165, 1.54) is 10.6 Å². The van der Waals surface area contributed by atoms with Gasteiger partial charge in [-0.15, -0.1) is 0 Å². The lowest BCUT2D eigenvalue weighted by Gasteiger charge is -2.37. The van der Waals surface area contributed by atoms with Crippen LogP contribution in [0.4, 0.5) is 0 Å². The Labute approximate surface area is 109 Å². The quantitative estimate of drug-likeness (QED) is 0.599. The number of nitrogens with zero attached hydrogens (tertiary/aromatic N) is 3. The highest BCUT2D eigenvalue weighted by Crippen LogP contribution is 2.13. The second-order valence-electron chi connectivity index (χ2n) is 4.43. The summed E-state index contributed by atoms with van der Waals surface area (Å²) in [6.07, 6.45) is 5.98. The average Bonchev–Trinajstić information content (AvgIpc) is 2.25. The fraction of sp³-hybridized carbons (Fsp3) is 0.636. The number of allylic oxidation sites excluding steroid dienone is 1. The lowest BCUT2D eigenvalue weighted by molar-refractivity contribution is 0.189. The molecule has 1 rings (SSSR count). The molecule has 0 saturated carbocycles. The van der Waals surface area contributed by atoms with Crippen molar-refractivity contribution in [3.05, 3.63) is 12.3 Å². The van der Waals surface area contributed by atoms with Gasteiger partial charge in [-0.05, 0) is 19.9 Å². The minimum absolute atomic E-state index is 0.0293. The van der Waals surface area contributed by atoms with Gasteiger partial charge in [0.2, 0.25) is 10.0 Å². The van der Waals surface area contributed by atoms with E-state index in [0.717, 1.165) is 12.1 Å². The van der Waals surface area contributed by atoms with Crippen molar-refractivity contribution in [1.82, 2.24) is 9.21 Å². The van der Waals surface area contributed by atoms with Crippen molar-refractivity contribution in [2.45, 2.75) is 19.9 Å². The van der Waals surface area contributed by atoms with Crippen LogP contribution in [0.5, 0.6) is 0 Å². The van der Waals surface area contributed by atoms with Gasteiger partial charge in [-0.2, -0.15) is 4.31 Å². The lowest BCUT2D eigenvalue weighted by atomic mass is 10.2. The van der Waals surface area contributed by atoms with Crippen LogP contribution in [0.25, 0.3) is 0 Å². The maximum Gasteiger partial charge on any atom is 0.211 e. The molecule has 0 aromatic carbocycles. The van der Waals surface area contributed by atoms with E-state index in [2.05, 4.69) is 9.89 Å². The number of piperazine rings is 1. The van der Waals surface area contributed by atoms with Gasteiger partial charge in [0, 0.05) is 37.6 Å². The maximum atomic E-state index is 11.5. The molecule has 1 fully saturated rings. The van der Waals surface area contributed by atoms with Crippen molar-refractivity contribution >= 4 is 22.1 Å². The van der Waals surface area contributed by atoms with E-state index in [1.54, 1.807) is 0 Å². The molecule has 102 valence electrons. The Balaban J connectivity index is 2.62. The molecular formula is C11H20N4O2S. The van der Waals surface area contributed by atoms with Crippen LogP contribution in [0, 0.1) is 5.41 Å². The van der Waals surface area contributed by atoms with E-state index < -0.39 is 10.0 Å². The molecule has 1 aliphatic rings. The van der Waals surface area contributed by atoms with E-state index in [4.69, 9.17) is 5.41 Å². The third-order valence-electron chi connectivity index (χ3n) is 2.82. The first-order chi connectivity index (χ1) is 8.34. The summed E-state index contributed by atoms with van der Waals surface area (Å²) in [6.45, 7) is 5.57. The Bertz CT molecular complexity index is 456. The smallest absolute Gasteiger partial charge is 0.211 e. The highest BCUT2D eigenvalue weighted by atomic mass is 32.2. The second-order valence-corrected chi connectivity index (χ2v) is 6.37. The first-order valence-corrected chi connectivity index (χ1v) is 7.62. The summed E-state index contributed by atoms with van der Waals surface area (Å²) in [5.74, 6) is 0. The molecule has 1 N–H and O–H groups in total. The van der Waals surface area contributed by atoms with Gasteiger partial charge in [-0.1, -0.05) is 0 Å². The summed E-state index contributed by atoms with van der Waals surface area (Å²) in [5.41, 5.74) is 0.753. The molecule has 0 spiro atoms. The minimum Gasteiger partial charge on any atom is -0.374 e. The minimum atomic E-state index is -3.11. The molecule has 0 aliphatic carbocycles. The van der Waals surface area contributed by atoms with Crippen LogP contribution in [0.1, 0.15) is 13.8 Å². The zero-order valence-corrected chi connectivity index (χ0v) is 11.8. The summed E-state index contributed by atoms with van der Waals surface area (Å²) in [7, 11) is -3.11. The van der Waals surface area contributed by atoms with Crippen LogP contribution in [-0.2, 0) is 10.0 Å². The summed E-state index contributed by atoms with van der Waals surface area (Å²) < 4.78 is 24.5. The molecule has 1 atom stereocenters. The summed E-state index contributed by atoms with van der Waals surface area (Å²) >= 11 is 0. The van der Waals surface area contributed by atoms with E-state index >= 15 is 0 Å². The van der Waals surface area contributed by atoms with E-state index in [0.29, 0.717) is 19.6 Å². The normalized spacial score (nSPS) is 23.6. The largest absolute Gasteiger partial charge is 0.374 e. The van der Waals surface area contributed by atoms with Crippen molar-refractivity contribution in [2.75, 3.05) is 25.9 Å². The Morgan fingerprint density at radius 1 is 1.44 bits per heavy atom. The van der Waals surface area contributed by atoms with E-state index in [1.807, 2.05) is 26.1 Å². The van der Waals surface area contributed by atoms with Crippen molar-refractivity contribution in [2.24, 2.45) is 4.99 Å². The van der Waals surface area contributed by atoms with Crippen LogP contribution in [0.3, 0.4) is 0 Å².